The van der Waals surface area contributed by atoms with Crippen molar-refractivity contribution >= 4 is 40.9 Å². The Morgan fingerprint density at radius 3 is 2.43 bits per heavy atom. The van der Waals surface area contributed by atoms with E-state index in [0.29, 0.717) is 33.8 Å². The molecule has 3 aromatic carbocycles. The first-order valence-corrected chi connectivity index (χ1v) is 14.1. The van der Waals surface area contributed by atoms with E-state index in [4.69, 9.17) is 19.9 Å². The van der Waals surface area contributed by atoms with Crippen LogP contribution in [0.4, 0.5) is 10.1 Å². The Morgan fingerprint density at radius 2 is 1.76 bits per heavy atom. The molecule has 0 saturated heterocycles. The second-order valence-corrected chi connectivity index (χ2v) is 10.4. The van der Waals surface area contributed by atoms with Crippen molar-refractivity contribution in [3.05, 3.63) is 106 Å². The van der Waals surface area contributed by atoms with E-state index in [2.05, 4.69) is 10.3 Å². The number of halogens is 2. The van der Waals surface area contributed by atoms with Gasteiger partial charge in [0.05, 0.1) is 30.6 Å². The fourth-order valence-corrected chi connectivity index (χ4v) is 4.83. The molecule has 0 unspecified atom stereocenters. The third-order valence-corrected chi connectivity index (χ3v) is 7.06. The summed E-state index contributed by atoms with van der Waals surface area (Å²) in [5.74, 6) is -1.11. The summed E-state index contributed by atoms with van der Waals surface area (Å²) in [5.41, 5.74) is 6.45. The van der Waals surface area contributed by atoms with Crippen molar-refractivity contribution in [3.63, 3.8) is 0 Å². The zero-order valence-electron chi connectivity index (χ0n) is 25.5. The van der Waals surface area contributed by atoms with Crippen molar-refractivity contribution in [2.45, 2.75) is 39.5 Å². The first-order valence-electron chi connectivity index (χ1n) is 14.1. The van der Waals surface area contributed by atoms with E-state index in [1.54, 1.807) is 86.4 Å². The third-order valence-electron chi connectivity index (χ3n) is 7.06. The third kappa shape index (κ3) is 7.03. The van der Waals surface area contributed by atoms with Crippen LogP contribution in [0.5, 0.6) is 17.2 Å². The second-order valence-electron chi connectivity index (χ2n) is 10.4. The van der Waals surface area contributed by atoms with E-state index in [1.165, 1.54) is 23.7 Å². The molecular weight excluding hydrogens is 617 g/mol. The molecule has 2 aromatic heterocycles. The van der Waals surface area contributed by atoms with Crippen LogP contribution in [0, 0.1) is 12.7 Å². The number of fused-ring (bicyclic) bond motifs is 1. The Labute approximate surface area is 270 Å². The smallest absolute Gasteiger partial charge is 0.322 e. The monoisotopic (exact) mass is 649 g/mol. The van der Waals surface area contributed by atoms with Gasteiger partial charge in [0, 0.05) is 29.4 Å². The molecule has 1 amide bonds. The number of amides is 1. The topological polar surface area (TPSA) is 140 Å². The Bertz CT molecular complexity index is 1940. The highest BCUT2D eigenvalue weighted by atomic mass is 35.5. The highest BCUT2D eigenvalue weighted by molar-refractivity contribution is 6.05. The van der Waals surface area contributed by atoms with Crippen molar-refractivity contribution < 1.29 is 28.2 Å². The fourth-order valence-electron chi connectivity index (χ4n) is 4.83. The maximum Gasteiger partial charge on any atom is 0.322 e. The molecule has 0 spiro atoms. The number of carbonyl (C=O) groups is 2. The molecule has 2 heterocycles. The molecule has 3 N–H and O–H groups in total. The van der Waals surface area contributed by atoms with Gasteiger partial charge < -0.3 is 25.3 Å². The van der Waals surface area contributed by atoms with Crippen molar-refractivity contribution in [1.82, 2.24) is 14.3 Å². The molecule has 5 rings (SSSR count). The molecule has 46 heavy (non-hydrogen) atoms. The average Bonchev–Trinajstić information content (AvgIpc) is 3.26. The molecule has 0 aliphatic carbocycles. The Balaban J connectivity index is 0.00000480. The quantitative estimate of drug-likeness (QED) is 0.192. The van der Waals surface area contributed by atoms with E-state index in [0.717, 1.165) is 6.07 Å². The largest absolute Gasteiger partial charge is 0.497 e. The number of hydrogen-bond donors (Lipinski definition) is 2. The summed E-state index contributed by atoms with van der Waals surface area (Å²) in [6.45, 7) is 4.86. The molecule has 0 fully saturated rings. The molecule has 11 nitrogen and oxygen atoms in total. The lowest BCUT2D eigenvalue weighted by Crippen LogP contribution is -2.34. The predicted molar refractivity (Wildman–Crippen MR) is 174 cm³/mol. The number of pyridine rings is 1. The first kappa shape index (κ1) is 33.7. The van der Waals surface area contributed by atoms with Gasteiger partial charge in [-0.2, -0.15) is 0 Å². The highest BCUT2D eigenvalue weighted by Gasteiger charge is 2.26. The number of nitrogens with two attached hydrogens (primary N) is 1. The zero-order valence-corrected chi connectivity index (χ0v) is 26.3. The van der Waals surface area contributed by atoms with Gasteiger partial charge in [0.2, 0.25) is 0 Å². The SMILES string of the molecule is COc1ccc2c(Oc3ccc(NC(=O)c4c(C)n(C[C@@H](C)OC(=O)[C@H](C)N)n(-c5ccccc5)c4=O)cc3F)ccnc2c1.Cl. The maximum absolute atomic E-state index is 15.2. The summed E-state index contributed by atoms with van der Waals surface area (Å²) >= 11 is 0. The zero-order chi connectivity index (χ0) is 32.2. The Morgan fingerprint density at radius 1 is 1.02 bits per heavy atom. The molecule has 0 aliphatic heterocycles. The van der Waals surface area contributed by atoms with Crippen LogP contribution in [0.15, 0.2) is 83.8 Å². The molecule has 0 bridgehead atoms. The van der Waals surface area contributed by atoms with Crippen molar-refractivity contribution in [3.8, 4) is 22.9 Å². The first-order chi connectivity index (χ1) is 21.6. The van der Waals surface area contributed by atoms with Crippen molar-refractivity contribution in [2.75, 3.05) is 12.4 Å². The number of ether oxygens (including phenoxy) is 3. The van der Waals surface area contributed by atoms with Crippen LogP contribution in [0.2, 0.25) is 0 Å². The molecule has 0 saturated carbocycles. The Kier molecular flexibility index (Phi) is 10.5. The van der Waals surface area contributed by atoms with Crippen LogP contribution in [-0.2, 0) is 16.1 Å². The van der Waals surface area contributed by atoms with Gasteiger partial charge in [-0.15, -0.1) is 12.4 Å². The standard InChI is InChI=1S/C33H32FN5O6.ClH/c1-19(44-33(42)20(2)35)18-38-21(3)30(32(41)39(38)23-8-6-5-7-9-23)31(40)37-22-10-13-29(26(34)16-22)45-28-14-15-36-27-17-24(43-4)11-12-25(27)28;/h5-17,19-20H,18,35H2,1-4H3,(H,37,40);1H/t19-,20+;/m1./s1. The number of nitrogens with zero attached hydrogens (tertiary/aromatic N) is 3. The molecule has 5 aromatic rings. The van der Waals surface area contributed by atoms with Gasteiger partial charge >= 0.3 is 5.97 Å². The number of methoxy groups -OCH3 is 1. The number of esters is 1. The number of nitrogens with one attached hydrogen (secondary N) is 1. The summed E-state index contributed by atoms with van der Waals surface area (Å²) in [6.07, 6.45) is 0.880. The normalized spacial score (nSPS) is 12.1. The summed E-state index contributed by atoms with van der Waals surface area (Å²) in [4.78, 5) is 43.5. The number of benzene rings is 3. The van der Waals surface area contributed by atoms with E-state index in [-0.39, 0.29) is 36.0 Å². The van der Waals surface area contributed by atoms with Crippen LogP contribution in [-0.4, -0.2) is 45.5 Å². The minimum absolute atomic E-state index is 0. The van der Waals surface area contributed by atoms with Crippen molar-refractivity contribution in [1.29, 1.82) is 0 Å². The highest BCUT2D eigenvalue weighted by Crippen LogP contribution is 2.33. The van der Waals surface area contributed by atoms with Crippen LogP contribution >= 0.6 is 12.4 Å². The van der Waals surface area contributed by atoms with Gasteiger partial charge in [0.1, 0.15) is 29.2 Å². The van der Waals surface area contributed by atoms with Gasteiger partial charge in [-0.1, -0.05) is 18.2 Å². The van der Waals surface area contributed by atoms with Gasteiger partial charge in [0.25, 0.3) is 11.5 Å². The molecule has 13 heteroatoms. The van der Waals surface area contributed by atoms with Crippen molar-refractivity contribution in [2.24, 2.45) is 5.73 Å². The van der Waals surface area contributed by atoms with E-state index in [1.807, 2.05) is 0 Å². The number of carbonyl (C=O) groups excluding carboxylic acids is 2. The summed E-state index contributed by atoms with van der Waals surface area (Å²) in [6, 6.07) is 18.8. The van der Waals surface area contributed by atoms with Crippen LogP contribution in [0.25, 0.3) is 16.6 Å². The average molecular weight is 650 g/mol. The number of para-hydroxylation sites is 1. The molecular formula is C33H33ClFN5O6. The minimum Gasteiger partial charge on any atom is -0.497 e. The molecule has 0 radical (unpaired) electrons. The van der Waals surface area contributed by atoms with E-state index < -0.39 is 35.4 Å². The number of hydrogen-bond acceptors (Lipinski definition) is 8. The van der Waals surface area contributed by atoms with Gasteiger partial charge in [-0.05, 0) is 63.2 Å². The van der Waals surface area contributed by atoms with Gasteiger partial charge in [-0.25, -0.2) is 9.07 Å². The summed E-state index contributed by atoms with van der Waals surface area (Å²) < 4.78 is 34.6. The van der Waals surface area contributed by atoms with Gasteiger partial charge in [-0.3, -0.25) is 24.0 Å². The van der Waals surface area contributed by atoms with E-state index in [9.17, 15) is 14.4 Å². The summed E-state index contributed by atoms with van der Waals surface area (Å²) in [5, 5.41) is 3.28. The maximum atomic E-state index is 15.2. The lowest BCUT2D eigenvalue weighted by atomic mass is 10.2. The lowest BCUT2D eigenvalue weighted by molar-refractivity contribution is -0.150. The Hall–Kier alpha value is -5.20. The van der Waals surface area contributed by atoms with Crippen LogP contribution in [0.3, 0.4) is 0 Å². The molecule has 2 atom stereocenters. The van der Waals surface area contributed by atoms with Crippen LogP contribution < -0.4 is 26.1 Å². The van der Waals surface area contributed by atoms with Crippen LogP contribution in [0.1, 0.15) is 29.9 Å². The molecule has 0 aliphatic rings. The summed E-state index contributed by atoms with van der Waals surface area (Å²) in [7, 11) is 1.55. The minimum atomic E-state index is -0.818. The fraction of sp³-hybridized carbons (Fsp3) is 0.212. The number of anilines is 1. The number of rotatable bonds is 10. The van der Waals surface area contributed by atoms with Gasteiger partial charge in [0.15, 0.2) is 11.6 Å². The number of aromatic nitrogens is 3. The van der Waals surface area contributed by atoms with E-state index >= 15 is 4.39 Å². The predicted octanol–water partition coefficient (Wildman–Crippen LogP) is 5.39. The second kappa shape index (κ2) is 14.3. The lowest BCUT2D eigenvalue weighted by Gasteiger charge is -2.19. The molecule has 240 valence electrons.